The van der Waals surface area contributed by atoms with E-state index in [4.69, 9.17) is 24.1 Å². The molecule has 0 bridgehead atoms. The first kappa shape index (κ1) is 24.6. The minimum absolute atomic E-state index is 0.273. The second-order valence-corrected chi connectivity index (χ2v) is 9.77. The first-order valence-corrected chi connectivity index (χ1v) is 12.6. The van der Waals surface area contributed by atoms with Gasteiger partial charge in [0.25, 0.3) is 0 Å². The molecule has 1 atom stereocenters. The van der Waals surface area contributed by atoms with Crippen molar-refractivity contribution >= 4 is 10.0 Å². The van der Waals surface area contributed by atoms with Gasteiger partial charge in [0.1, 0.15) is 30.9 Å². The summed E-state index contributed by atoms with van der Waals surface area (Å²) in [6.07, 6.45) is -0.672. The summed E-state index contributed by atoms with van der Waals surface area (Å²) in [5, 5.41) is 5.27. The normalized spacial score (nSPS) is 14.3. The largest absolute Gasteiger partial charge is 0.495 e. The van der Waals surface area contributed by atoms with E-state index in [1.165, 1.54) is 19.2 Å². The molecule has 0 radical (unpaired) electrons. The Kier molecular flexibility index (Phi) is 7.00. The number of primary sulfonamides is 1. The number of ether oxygens (including phenoxy) is 4. The Hall–Kier alpha value is -3.56. The highest BCUT2D eigenvalue weighted by Crippen LogP contribution is 2.52. The maximum absolute atomic E-state index is 14.1. The van der Waals surface area contributed by atoms with E-state index in [0.29, 0.717) is 51.9 Å². The van der Waals surface area contributed by atoms with Gasteiger partial charge in [0, 0.05) is 5.56 Å². The molecule has 2 N–H and O–H groups in total. The van der Waals surface area contributed by atoms with Gasteiger partial charge in [0.2, 0.25) is 10.0 Å². The fourth-order valence-corrected chi connectivity index (χ4v) is 4.71. The van der Waals surface area contributed by atoms with Crippen molar-refractivity contribution in [1.82, 2.24) is 0 Å². The highest BCUT2D eigenvalue weighted by molar-refractivity contribution is 7.88. The smallest absolute Gasteiger partial charge is 0.213 e. The molecule has 4 rings (SSSR count). The van der Waals surface area contributed by atoms with E-state index in [1.54, 1.807) is 49.4 Å². The Morgan fingerprint density at radius 2 is 1.94 bits per heavy atom. The molecular weight excluding hydrogens is 473 g/mol. The van der Waals surface area contributed by atoms with Crippen LogP contribution in [0.2, 0.25) is 0 Å². The zero-order valence-corrected chi connectivity index (χ0v) is 20.2. The number of allylic oxidation sites excluding steroid dienone is 1. The number of rotatable bonds is 9. The molecule has 7 nitrogen and oxygen atoms in total. The van der Waals surface area contributed by atoms with Crippen LogP contribution in [0.15, 0.2) is 66.9 Å². The summed E-state index contributed by atoms with van der Waals surface area (Å²) >= 11 is 0. The first-order chi connectivity index (χ1) is 16.7. The molecule has 0 spiro atoms. The van der Waals surface area contributed by atoms with Crippen molar-refractivity contribution in [3.63, 3.8) is 0 Å². The van der Waals surface area contributed by atoms with Crippen molar-refractivity contribution in [3.8, 4) is 28.4 Å². The van der Waals surface area contributed by atoms with E-state index >= 15 is 0 Å². The van der Waals surface area contributed by atoms with Crippen LogP contribution in [0.5, 0.6) is 17.2 Å². The van der Waals surface area contributed by atoms with Crippen molar-refractivity contribution < 1.29 is 31.8 Å². The molecule has 0 aliphatic carbocycles. The van der Waals surface area contributed by atoms with Crippen molar-refractivity contribution in [1.29, 1.82) is 0 Å². The molecule has 184 valence electrons. The molecule has 0 fully saturated rings. The van der Waals surface area contributed by atoms with E-state index in [0.717, 1.165) is 5.56 Å². The summed E-state index contributed by atoms with van der Waals surface area (Å²) in [6, 6.07) is 14.8. The van der Waals surface area contributed by atoms with Gasteiger partial charge in [-0.2, -0.15) is 0 Å². The van der Waals surface area contributed by atoms with Gasteiger partial charge in [-0.05, 0) is 47.9 Å². The highest BCUT2D eigenvalue weighted by Gasteiger charge is 2.32. The van der Waals surface area contributed by atoms with Gasteiger partial charge < -0.3 is 18.9 Å². The van der Waals surface area contributed by atoms with Crippen LogP contribution >= 0.6 is 0 Å². The SMILES string of the molecule is C=C(C)OCCOc1ccc2c(c1OC)-c1ccc(CS(N)(=O)=O)cc1C(c1cccc(F)c1)O2. The lowest BCUT2D eigenvalue weighted by molar-refractivity contribution is 0.155. The molecule has 1 heterocycles. The number of hydrogen-bond acceptors (Lipinski definition) is 6. The van der Waals surface area contributed by atoms with Gasteiger partial charge in [-0.1, -0.05) is 36.9 Å². The summed E-state index contributed by atoms with van der Waals surface area (Å²) in [4.78, 5) is 0. The molecule has 3 aromatic carbocycles. The predicted molar refractivity (Wildman–Crippen MR) is 130 cm³/mol. The van der Waals surface area contributed by atoms with E-state index in [-0.39, 0.29) is 12.4 Å². The van der Waals surface area contributed by atoms with Crippen LogP contribution in [0.3, 0.4) is 0 Å². The summed E-state index contributed by atoms with van der Waals surface area (Å²) in [6.45, 7) is 6.05. The van der Waals surface area contributed by atoms with Crippen LogP contribution in [0.25, 0.3) is 11.1 Å². The zero-order chi connectivity index (χ0) is 25.2. The van der Waals surface area contributed by atoms with Crippen LogP contribution in [0, 0.1) is 5.82 Å². The maximum Gasteiger partial charge on any atom is 0.213 e. The van der Waals surface area contributed by atoms with Gasteiger partial charge in [-0.15, -0.1) is 0 Å². The Morgan fingerprint density at radius 3 is 2.63 bits per heavy atom. The number of fused-ring (bicyclic) bond motifs is 3. The van der Waals surface area contributed by atoms with E-state index in [1.807, 2.05) is 0 Å². The minimum atomic E-state index is -3.76. The monoisotopic (exact) mass is 499 g/mol. The van der Waals surface area contributed by atoms with Crippen LogP contribution in [-0.4, -0.2) is 28.7 Å². The fraction of sp³-hybridized carbons (Fsp3) is 0.231. The van der Waals surface area contributed by atoms with Gasteiger partial charge in [0.05, 0.1) is 24.2 Å². The van der Waals surface area contributed by atoms with Crippen molar-refractivity contribution in [3.05, 3.63) is 89.4 Å². The lowest BCUT2D eigenvalue weighted by Gasteiger charge is -2.31. The molecular formula is C26H26FNO6S. The second-order valence-electron chi connectivity index (χ2n) is 8.15. The summed E-state index contributed by atoms with van der Waals surface area (Å²) in [5.41, 5.74) is 3.13. The van der Waals surface area contributed by atoms with Crippen molar-refractivity contribution in [2.45, 2.75) is 18.8 Å². The third kappa shape index (κ3) is 5.58. The van der Waals surface area contributed by atoms with Crippen molar-refractivity contribution in [2.24, 2.45) is 5.14 Å². The maximum atomic E-state index is 14.1. The predicted octanol–water partition coefficient (Wildman–Crippen LogP) is 4.70. The third-order valence-electron chi connectivity index (χ3n) is 5.41. The number of methoxy groups -OCH3 is 1. The van der Waals surface area contributed by atoms with Gasteiger partial charge in [-0.3, -0.25) is 0 Å². The topological polar surface area (TPSA) is 97.1 Å². The fourth-order valence-electron chi connectivity index (χ4n) is 4.07. The van der Waals surface area contributed by atoms with Crippen LogP contribution in [0.1, 0.15) is 29.7 Å². The zero-order valence-electron chi connectivity index (χ0n) is 19.4. The lowest BCUT2D eigenvalue weighted by atomic mass is 9.88. The minimum Gasteiger partial charge on any atom is -0.495 e. The lowest BCUT2D eigenvalue weighted by Crippen LogP contribution is -2.18. The number of nitrogens with two attached hydrogens (primary N) is 1. The average molecular weight is 500 g/mol. The molecule has 35 heavy (non-hydrogen) atoms. The Balaban J connectivity index is 1.81. The highest BCUT2D eigenvalue weighted by atomic mass is 32.2. The average Bonchev–Trinajstić information content (AvgIpc) is 2.79. The molecule has 1 unspecified atom stereocenters. The Morgan fingerprint density at radius 1 is 1.14 bits per heavy atom. The number of halogens is 1. The second kappa shape index (κ2) is 9.97. The van der Waals surface area contributed by atoms with Gasteiger partial charge >= 0.3 is 0 Å². The quantitative estimate of drug-likeness (QED) is 0.339. The number of benzene rings is 3. The standard InChI is InChI=1S/C26H26FNO6S/c1-16(2)32-11-12-33-23-10-9-22-24(26(23)31-3)20-8-7-17(15-35(28,29)30)13-21(20)25(34-22)18-5-4-6-19(27)14-18/h4-10,13-14,25H,1,11-12,15H2,2-3H3,(H2,28,29,30). The number of hydrogen-bond donors (Lipinski definition) is 1. The molecule has 3 aromatic rings. The Labute approximate surface area is 203 Å². The molecule has 0 amide bonds. The van der Waals surface area contributed by atoms with Gasteiger partial charge in [-0.25, -0.2) is 17.9 Å². The first-order valence-electron chi connectivity index (χ1n) is 10.8. The summed E-state index contributed by atoms with van der Waals surface area (Å²) < 4.78 is 60.8. The summed E-state index contributed by atoms with van der Waals surface area (Å²) in [5.74, 6) is 1.31. The van der Waals surface area contributed by atoms with Gasteiger partial charge in [0.15, 0.2) is 11.5 Å². The third-order valence-corrected chi connectivity index (χ3v) is 6.14. The van der Waals surface area contributed by atoms with E-state index < -0.39 is 21.9 Å². The van der Waals surface area contributed by atoms with Crippen LogP contribution < -0.4 is 19.3 Å². The summed E-state index contributed by atoms with van der Waals surface area (Å²) in [7, 11) is -2.23. The van der Waals surface area contributed by atoms with E-state index in [2.05, 4.69) is 6.58 Å². The van der Waals surface area contributed by atoms with E-state index in [9.17, 15) is 12.8 Å². The molecule has 1 aliphatic rings. The van der Waals surface area contributed by atoms with Crippen LogP contribution in [0.4, 0.5) is 4.39 Å². The number of sulfonamides is 1. The molecule has 0 aromatic heterocycles. The molecule has 1 aliphatic heterocycles. The van der Waals surface area contributed by atoms with Crippen molar-refractivity contribution in [2.75, 3.05) is 20.3 Å². The molecule has 0 saturated carbocycles. The molecule has 0 saturated heterocycles. The van der Waals surface area contributed by atoms with Crippen LogP contribution in [-0.2, 0) is 20.5 Å². The Bertz CT molecular complexity index is 1370. The molecule has 9 heteroatoms.